The first-order valence-corrected chi connectivity index (χ1v) is 13.1. The van der Waals surface area contributed by atoms with Crippen LogP contribution >= 0.6 is 0 Å². The van der Waals surface area contributed by atoms with Crippen LogP contribution in [-0.4, -0.2) is 28.8 Å². The van der Waals surface area contributed by atoms with Gasteiger partial charge in [-0.2, -0.15) is 0 Å². The van der Waals surface area contributed by atoms with Crippen LogP contribution in [0, 0.1) is 19.7 Å². The van der Waals surface area contributed by atoms with Crippen molar-refractivity contribution in [2.45, 2.75) is 32.2 Å². The number of hydrogen-bond donors (Lipinski definition) is 2. The predicted molar refractivity (Wildman–Crippen MR) is 150 cm³/mol. The first-order valence-electron chi connectivity index (χ1n) is 13.1. The van der Waals surface area contributed by atoms with Crippen molar-refractivity contribution in [3.63, 3.8) is 0 Å². The molecule has 200 valence electrons. The summed E-state index contributed by atoms with van der Waals surface area (Å²) in [4.78, 5) is 35.2. The molecule has 0 spiro atoms. The second-order valence-corrected chi connectivity index (χ2v) is 10.2. The van der Waals surface area contributed by atoms with Crippen LogP contribution in [0.3, 0.4) is 0 Å². The van der Waals surface area contributed by atoms with E-state index in [9.17, 15) is 14.0 Å². The number of nitrogens with zero attached hydrogens (tertiary/aromatic N) is 2. The second kappa shape index (κ2) is 9.72. The normalized spacial score (nSPS) is 13.7. The minimum atomic E-state index is -0.537. The average molecular weight is 535 g/mol. The number of rotatable bonds is 6. The fourth-order valence-electron chi connectivity index (χ4n) is 5.19. The van der Waals surface area contributed by atoms with E-state index in [-0.39, 0.29) is 17.6 Å². The minimum Gasteiger partial charge on any atom is -0.455 e. The number of nitrogens with one attached hydrogen (secondary N) is 2. The van der Waals surface area contributed by atoms with Crippen LogP contribution in [0.4, 0.5) is 4.39 Å². The van der Waals surface area contributed by atoms with Crippen LogP contribution in [0.2, 0.25) is 0 Å². The molecule has 0 atom stereocenters. The molecule has 2 amide bonds. The van der Waals surface area contributed by atoms with Gasteiger partial charge in [0.1, 0.15) is 22.7 Å². The van der Waals surface area contributed by atoms with Gasteiger partial charge in [-0.3, -0.25) is 9.59 Å². The summed E-state index contributed by atoms with van der Waals surface area (Å²) in [6.45, 7) is 3.91. The Kier molecular flexibility index (Phi) is 6.18. The number of hydrogen-bond acceptors (Lipinski definition) is 5. The van der Waals surface area contributed by atoms with Crippen LogP contribution in [0.15, 0.2) is 77.5 Å². The number of aromatic nitrogens is 2. The van der Waals surface area contributed by atoms with E-state index in [0.717, 1.165) is 35.1 Å². The Balaban J connectivity index is 1.41. The summed E-state index contributed by atoms with van der Waals surface area (Å²) in [5.41, 5.74) is 5.07. The molecular formula is C32H27FN4O3. The van der Waals surface area contributed by atoms with Gasteiger partial charge in [0.05, 0.1) is 5.56 Å². The molecular weight excluding hydrogens is 507 g/mol. The van der Waals surface area contributed by atoms with E-state index in [1.165, 1.54) is 12.1 Å². The molecule has 2 heterocycles. The van der Waals surface area contributed by atoms with Crippen LogP contribution in [0.1, 0.15) is 50.5 Å². The molecule has 1 aliphatic carbocycles. The lowest BCUT2D eigenvalue weighted by atomic mass is 9.93. The molecule has 8 heteroatoms. The van der Waals surface area contributed by atoms with Crippen LogP contribution in [0.25, 0.3) is 33.4 Å². The van der Waals surface area contributed by atoms with E-state index in [2.05, 4.69) is 20.6 Å². The Bertz CT molecular complexity index is 1770. The lowest BCUT2D eigenvalue weighted by Crippen LogP contribution is -2.36. The van der Waals surface area contributed by atoms with Gasteiger partial charge in [-0.05, 0) is 97.5 Å². The van der Waals surface area contributed by atoms with Gasteiger partial charge in [-0.15, -0.1) is 0 Å². The molecule has 1 saturated carbocycles. The lowest BCUT2D eigenvalue weighted by molar-refractivity contribution is 0.0926. The maximum atomic E-state index is 13.6. The minimum absolute atomic E-state index is 0.183. The topological polar surface area (TPSA) is 97.1 Å². The van der Waals surface area contributed by atoms with Gasteiger partial charge >= 0.3 is 0 Å². The standard InChI is InChI=1S/C32H27FN4O3/c1-18-15-19(2)24(29(38)37-32(11-12-32)31-35-13-4-14-36-31)17-23(18)21-7-10-26-25(16-21)27(30(39)34-3)28(40-26)20-5-8-22(33)9-6-20/h4-10,13-17H,11-12H2,1-3H3,(H,34,39)(H,37,38). The largest absolute Gasteiger partial charge is 0.455 e. The maximum Gasteiger partial charge on any atom is 0.255 e. The summed E-state index contributed by atoms with van der Waals surface area (Å²) in [5, 5.41) is 6.48. The van der Waals surface area contributed by atoms with E-state index >= 15 is 0 Å². The summed E-state index contributed by atoms with van der Waals surface area (Å²) in [5.74, 6) is 0.122. The zero-order valence-electron chi connectivity index (χ0n) is 22.3. The fourth-order valence-corrected chi connectivity index (χ4v) is 5.19. The van der Waals surface area contributed by atoms with Crippen molar-refractivity contribution in [3.8, 4) is 22.5 Å². The highest BCUT2D eigenvalue weighted by Crippen LogP contribution is 2.44. The summed E-state index contributed by atoms with van der Waals surface area (Å²) < 4.78 is 19.7. The number of carbonyl (C=O) groups excluding carboxylic acids is 2. The number of furan rings is 1. The third kappa shape index (κ3) is 4.41. The van der Waals surface area contributed by atoms with Crippen molar-refractivity contribution in [1.29, 1.82) is 0 Å². The molecule has 0 aliphatic heterocycles. The molecule has 1 aliphatic rings. The van der Waals surface area contributed by atoms with Gasteiger partial charge in [-0.1, -0.05) is 12.1 Å². The number of benzene rings is 3. The second-order valence-electron chi connectivity index (χ2n) is 10.2. The Morgan fingerprint density at radius 3 is 2.27 bits per heavy atom. The van der Waals surface area contributed by atoms with Crippen molar-refractivity contribution in [2.75, 3.05) is 7.05 Å². The third-order valence-corrected chi connectivity index (χ3v) is 7.47. The van der Waals surface area contributed by atoms with Crippen molar-refractivity contribution in [2.24, 2.45) is 0 Å². The van der Waals surface area contributed by atoms with Gasteiger partial charge in [0.2, 0.25) is 0 Å². The van der Waals surface area contributed by atoms with Gasteiger partial charge < -0.3 is 15.1 Å². The smallest absolute Gasteiger partial charge is 0.255 e. The molecule has 0 bridgehead atoms. The van der Waals surface area contributed by atoms with Crippen molar-refractivity contribution >= 4 is 22.8 Å². The van der Waals surface area contributed by atoms with Crippen LogP contribution in [0.5, 0.6) is 0 Å². The average Bonchev–Trinajstić information content (AvgIpc) is 3.64. The highest BCUT2D eigenvalue weighted by molar-refractivity contribution is 6.12. The van der Waals surface area contributed by atoms with E-state index in [0.29, 0.717) is 39.2 Å². The molecule has 0 unspecified atom stereocenters. The predicted octanol–water partition coefficient (Wildman–Crippen LogP) is 6.09. The van der Waals surface area contributed by atoms with E-state index in [1.54, 1.807) is 37.6 Å². The summed E-state index contributed by atoms with van der Waals surface area (Å²) >= 11 is 0. The fraction of sp³-hybridized carbons (Fsp3) is 0.188. The first-order chi connectivity index (χ1) is 19.3. The first kappa shape index (κ1) is 25.4. The Hall–Kier alpha value is -4.85. The Labute approximate surface area is 230 Å². The summed E-state index contributed by atoms with van der Waals surface area (Å²) in [6.07, 6.45) is 4.95. The van der Waals surface area contributed by atoms with Crippen LogP contribution in [-0.2, 0) is 5.54 Å². The molecule has 2 aromatic heterocycles. The molecule has 1 fully saturated rings. The summed E-state index contributed by atoms with van der Waals surface area (Å²) in [7, 11) is 1.56. The third-order valence-electron chi connectivity index (χ3n) is 7.47. The highest BCUT2D eigenvalue weighted by Gasteiger charge is 2.48. The van der Waals surface area contributed by atoms with Gasteiger partial charge in [0, 0.05) is 36.0 Å². The van der Waals surface area contributed by atoms with Crippen molar-refractivity contribution < 1.29 is 18.4 Å². The highest BCUT2D eigenvalue weighted by atomic mass is 19.1. The lowest BCUT2D eigenvalue weighted by Gasteiger charge is -2.18. The Morgan fingerprint density at radius 1 is 0.900 bits per heavy atom. The molecule has 5 aromatic rings. The number of halogens is 1. The molecule has 40 heavy (non-hydrogen) atoms. The summed E-state index contributed by atoms with van der Waals surface area (Å²) in [6, 6.07) is 17.1. The van der Waals surface area contributed by atoms with E-state index in [4.69, 9.17) is 4.42 Å². The van der Waals surface area contributed by atoms with Crippen molar-refractivity contribution in [3.05, 3.63) is 107 Å². The number of amides is 2. The van der Waals surface area contributed by atoms with Crippen molar-refractivity contribution in [1.82, 2.24) is 20.6 Å². The Morgan fingerprint density at radius 2 is 1.60 bits per heavy atom. The van der Waals surface area contributed by atoms with E-state index < -0.39 is 5.54 Å². The quantitative estimate of drug-likeness (QED) is 0.275. The van der Waals surface area contributed by atoms with Gasteiger partial charge in [0.25, 0.3) is 11.8 Å². The molecule has 2 N–H and O–H groups in total. The number of carbonyl (C=O) groups is 2. The molecule has 0 radical (unpaired) electrons. The molecule has 7 nitrogen and oxygen atoms in total. The van der Waals surface area contributed by atoms with E-state index in [1.807, 2.05) is 44.2 Å². The van der Waals surface area contributed by atoms with Gasteiger partial charge in [0.15, 0.2) is 5.82 Å². The van der Waals surface area contributed by atoms with Gasteiger partial charge in [-0.25, -0.2) is 14.4 Å². The number of aryl methyl sites for hydroxylation is 2. The zero-order chi connectivity index (χ0) is 28.0. The SMILES string of the molecule is CNC(=O)c1c(-c2ccc(F)cc2)oc2ccc(-c3cc(C(=O)NC4(c5ncccn5)CC4)c(C)cc3C)cc12. The number of fused-ring (bicyclic) bond motifs is 1. The maximum absolute atomic E-state index is 13.6. The zero-order valence-corrected chi connectivity index (χ0v) is 22.3. The molecule has 6 rings (SSSR count). The monoisotopic (exact) mass is 534 g/mol. The van der Waals surface area contributed by atoms with Crippen LogP contribution < -0.4 is 10.6 Å². The molecule has 0 saturated heterocycles. The molecule has 3 aromatic carbocycles.